The van der Waals surface area contributed by atoms with Gasteiger partial charge in [0.1, 0.15) is 5.82 Å². The van der Waals surface area contributed by atoms with Gasteiger partial charge in [-0.25, -0.2) is 23.6 Å². The number of alkyl carbamates (subject to hydrolysis) is 1. The van der Waals surface area contributed by atoms with Crippen LogP contribution >= 0.6 is 15.9 Å². The number of ether oxygens (including phenoxy) is 3. The predicted octanol–water partition coefficient (Wildman–Crippen LogP) is 6.26. The van der Waals surface area contributed by atoms with Crippen LogP contribution in [0.25, 0.3) is 11.0 Å². The fourth-order valence-electron chi connectivity index (χ4n) is 5.61. The molecule has 14 heteroatoms. The van der Waals surface area contributed by atoms with E-state index in [0.717, 1.165) is 40.8 Å². The Morgan fingerprint density at radius 1 is 1.04 bits per heavy atom. The molecule has 0 atom stereocenters. The van der Waals surface area contributed by atoms with E-state index in [4.69, 9.17) is 19.2 Å². The van der Waals surface area contributed by atoms with Gasteiger partial charge in [0, 0.05) is 74.0 Å². The Balaban J connectivity index is 1.25. The van der Waals surface area contributed by atoms with Crippen LogP contribution in [-0.4, -0.2) is 57.8 Å². The molecule has 1 fully saturated rings. The second kappa shape index (κ2) is 15.8. The number of rotatable bonds is 12. The lowest BCUT2D eigenvalue weighted by Crippen LogP contribution is -2.38. The molecule has 0 bridgehead atoms. The van der Waals surface area contributed by atoms with Gasteiger partial charge in [-0.05, 0) is 68.1 Å². The number of fused-ring (bicyclic) bond motifs is 1. The number of halogens is 2. The second-order valence-electron chi connectivity index (χ2n) is 12.1. The summed E-state index contributed by atoms with van der Waals surface area (Å²) in [4.78, 5) is 43.8. The van der Waals surface area contributed by atoms with Crippen LogP contribution in [0.2, 0.25) is 0 Å². The second-order valence-corrected chi connectivity index (χ2v) is 13.0. The number of hydrogen-bond acceptors (Lipinski definition) is 9. The van der Waals surface area contributed by atoms with Crippen LogP contribution in [0.4, 0.5) is 14.9 Å². The molecule has 3 heterocycles. The SMILES string of the molecule is CCc1nc2c(cnn2CC)c(NC2CCOCC2)c1CNC(=O)c1cccc(C(=O)OC(C)(C)OC(=O)NCc2cc(F)cc(Br)c2)c1. The van der Waals surface area contributed by atoms with E-state index >= 15 is 0 Å². The minimum atomic E-state index is -1.65. The highest BCUT2D eigenvalue weighted by atomic mass is 79.9. The fraction of sp³-hybridized carbons (Fsp3) is 0.400. The number of benzene rings is 2. The van der Waals surface area contributed by atoms with Gasteiger partial charge in [-0.2, -0.15) is 5.10 Å². The van der Waals surface area contributed by atoms with E-state index < -0.39 is 29.6 Å². The molecule has 1 aliphatic rings. The maximum absolute atomic E-state index is 13.6. The van der Waals surface area contributed by atoms with Gasteiger partial charge < -0.3 is 30.2 Å². The lowest BCUT2D eigenvalue weighted by molar-refractivity contribution is -0.139. The van der Waals surface area contributed by atoms with Crippen LogP contribution in [0, 0.1) is 5.82 Å². The molecule has 5 rings (SSSR count). The van der Waals surface area contributed by atoms with Crippen LogP contribution in [0.1, 0.15) is 78.1 Å². The highest BCUT2D eigenvalue weighted by Gasteiger charge is 2.29. The lowest BCUT2D eigenvalue weighted by Gasteiger charge is -2.26. The van der Waals surface area contributed by atoms with Crippen LogP contribution in [0.15, 0.2) is 53.1 Å². The van der Waals surface area contributed by atoms with Gasteiger partial charge in [0.05, 0.1) is 22.8 Å². The van der Waals surface area contributed by atoms with Crippen LogP contribution in [0.3, 0.4) is 0 Å². The molecule has 1 aliphatic heterocycles. The Labute approximate surface area is 292 Å². The van der Waals surface area contributed by atoms with Crippen molar-refractivity contribution in [2.24, 2.45) is 0 Å². The summed E-state index contributed by atoms with van der Waals surface area (Å²) in [6.07, 6.45) is 3.32. The summed E-state index contributed by atoms with van der Waals surface area (Å²) in [6, 6.07) is 10.5. The van der Waals surface area contributed by atoms with Crippen LogP contribution < -0.4 is 16.0 Å². The summed E-state index contributed by atoms with van der Waals surface area (Å²) in [6.45, 7) is 9.09. The first kappa shape index (κ1) is 35.7. The quantitative estimate of drug-likeness (QED) is 0.113. The predicted molar refractivity (Wildman–Crippen MR) is 185 cm³/mol. The van der Waals surface area contributed by atoms with E-state index in [1.807, 2.05) is 24.7 Å². The molecular weight excluding hydrogens is 699 g/mol. The molecule has 260 valence electrons. The van der Waals surface area contributed by atoms with Crippen LogP contribution in [0.5, 0.6) is 0 Å². The molecule has 12 nitrogen and oxygen atoms in total. The maximum atomic E-state index is 13.6. The number of carbonyl (C=O) groups excluding carboxylic acids is 3. The van der Waals surface area contributed by atoms with E-state index in [1.54, 1.807) is 18.2 Å². The topological polar surface area (TPSA) is 146 Å². The summed E-state index contributed by atoms with van der Waals surface area (Å²) in [5.41, 5.74) is 4.28. The smallest absolute Gasteiger partial charge is 0.410 e. The van der Waals surface area contributed by atoms with E-state index in [1.165, 1.54) is 38.1 Å². The third-order valence-corrected chi connectivity index (χ3v) is 8.46. The Hall–Kier alpha value is -4.56. The molecule has 0 aliphatic carbocycles. The fourth-order valence-corrected chi connectivity index (χ4v) is 6.12. The highest BCUT2D eigenvalue weighted by Crippen LogP contribution is 2.31. The molecule has 2 amide bonds. The third kappa shape index (κ3) is 9.12. The Morgan fingerprint density at radius 3 is 2.51 bits per heavy atom. The number of nitrogens with zero attached hydrogens (tertiary/aromatic N) is 3. The van der Waals surface area contributed by atoms with E-state index in [9.17, 15) is 18.8 Å². The molecule has 0 radical (unpaired) electrons. The molecule has 49 heavy (non-hydrogen) atoms. The number of hydrogen-bond donors (Lipinski definition) is 3. The first-order valence-corrected chi connectivity index (χ1v) is 17.0. The molecule has 2 aromatic heterocycles. The minimum Gasteiger partial charge on any atom is -0.419 e. The zero-order valence-corrected chi connectivity index (χ0v) is 29.5. The van der Waals surface area contributed by atoms with Crippen molar-refractivity contribution >= 4 is 50.6 Å². The monoisotopic (exact) mass is 738 g/mol. The summed E-state index contributed by atoms with van der Waals surface area (Å²) < 4.78 is 32.4. The number of nitrogens with one attached hydrogen (secondary N) is 3. The van der Waals surface area contributed by atoms with E-state index in [-0.39, 0.29) is 30.3 Å². The van der Waals surface area contributed by atoms with Crippen molar-refractivity contribution in [2.45, 2.75) is 78.4 Å². The number of anilines is 1. The lowest BCUT2D eigenvalue weighted by atomic mass is 10.0. The summed E-state index contributed by atoms with van der Waals surface area (Å²) in [5.74, 6) is -3.29. The number of amides is 2. The zero-order chi connectivity index (χ0) is 35.1. The van der Waals surface area contributed by atoms with Crippen molar-refractivity contribution in [1.29, 1.82) is 0 Å². The third-order valence-electron chi connectivity index (χ3n) is 8.00. The highest BCUT2D eigenvalue weighted by molar-refractivity contribution is 9.10. The number of aromatic nitrogens is 3. The largest absolute Gasteiger partial charge is 0.419 e. The van der Waals surface area contributed by atoms with Gasteiger partial charge in [0.15, 0.2) is 5.65 Å². The Morgan fingerprint density at radius 2 is 1.80 bits per heavy atom. The van der Waals surface area contributed by atoms with Crippen LogP contribution in [-0.2, 0) is 40.3 Å². The normalized spacial score (nSPS) is 13.6. The number of aryl methyl sites for hydroxylation is 2. The molecule has 3 N–H and O–H groups in total. The molecule has 2 aromatic carbocycles. The first-order valence-electron chi connectivity index (χ1n) is 16.2. The van der Waals surface area contributed by atoms with Crippen molar-refractivity contribution in [3.63, 3.8) is 0 Å². The molecule has 0 spiro atoms. The molecule has 1 saturated heterocycles. The van der Waals surface area contributed by atoms with Crippen molar-refractivity contribution < 1.29 is 33.0 Å². The van der Waals surface area contributed by atoms with E-state index in [0.29, 0.717) is 36.2 Å². The van der Waals surface area contributed by atoms with Gasteiger partial charge in [0.25, 0.3) is 11.7 Å². The van der Waals surface area contributed by atoms with Gasteiger partial charge >= 0.3 is 12.1 Å². The summed E-state index contributed by atoms with van der Waals surface area (Å²) in [7, 11) is 0. The molecule has 0 saturated carbocycles. The van der Waals surface area contributed by atoms with Gasteiger partial charge in [-0.3, -0.25) is 4.79 Å². The standard InChI is InChI=1S/C35H40BrFN6O6/c1-5-29-27(30(41-26-10-12-47-13-11-26)28-20-40-43(6-2)31(28)42-29)19-38-32(44)22-8-7-9-23(16-22)33(45)48-35(3,4)49-34(46)39-18-21-14-24(36)17-25(37)15-21/h7-9,14-17,20,26H,5-6,10-13,18-19H2,1-4H3,(H,38,44)(H,39,46)(H,41,42). The first-order chi connectivity index (χ1) is 23.5. The van der Waals surface area contributed by atoms with Gasteiger partial charge in [-0.15, -0.1) is 0 Å². The summed E-state index contributed by atoms with van der Waals surface area (Å²) in [5, 5.41) is 14.6. The average Bonchev–Trinajstić information content (AvgIpc) is 3.49. The average molecular weight is 740 g/mol. The van der Waals surface area contributed by atoms with Crippen molar-refractivity contribution in [2.75, 3.05) is 18.5 Å². The molecule has 0 unspecified atom stereocenters. The van der Waals surface area contributed by atoms with Gasteiger partial charge in [0.2, 0.25) is 0 Å². The maximum Gasteiger partial charge on any atom is 0.410 e. The molecule has 4 aromatic rings. The minimum absolute atomic E-state index is 0.00445. The summed E-state index contributed by atoms with van der Waals surface area (Å²) >= 11 is 3.21. The Kier molecular flexibility index (Phi) is 11.5. The Bertz CT molecular complexity index is 1820. The van der Waals surface area contributed by atoms with Crippen molar-refractivity contribution in [3.8, 4) is 0 Å². The van der Waals surface area contributed by atoms with E-state index in [2.05, 4.69) is 37.0 Å². The van der Waals surface area contributed by atoms with Crippen molar-refractivity contribution in [3.05, 3.63) is 86.9 Å². The molecular formula is C35H40BrFN6O6. The number of pyridine rings is 1. The zero-order valence-electron chi connectivity index (χ0n) is 27.9. The number of carbonyl (C=O) groups is 3. The van der Waals surface area contributed by atoms with Crippen molar-refractivity contribution in [1.82, 2.24) is 25.4 Å². The number of esters is 1. The van der Waals surface area contributed by atoms with Gasteiger partial charge in [-0.1, -0.05) is 28.9 Å².